The van der Waals surface area contributed by atoms with Gasteiger partial charge in [0.25, 0.3) is 0 Å². The smallest absolute Gasteiger partial charge is 0.165 e. The molecule has 0 amide bonds. The number of aliphatic hydroxyl groups excluding tert-OH is 1. The Kier molecular flexibility index (Phi) is 3.90. The molecule has 6 heteroatoms. The predicted molar refractivity (Wildman–Crippen MR) is 71.8 cm³/mol. The molecule has 0 fully saturated rings. The quantitative estimate of drug-likeness (QED) is 0.941. The Morgan fingerprint density at radius 1 is 1.28 bits per heavy atom. The molecule has 0 aliphatic carbocycles. The largest absolute Gasteiger partial charge is 0.388 e. The molecule has 1 N–H and O–H groups in total. The van der Waals surface area contributed by atoms with E-state index in [1.165, 1.54) is 0 Å². The van der Waals surface area contributed by atoms with E-state index in [-0.39, 0.29) is 12.6 Å². The van der Waals surface area contributed by atoms with Crippen LogP contribution in [0.1, 0.15) is 25.7 Å². The van der Waals surface area contributed by atoms with E-state index in [1.807, 2.05) is 30.5 Å². The van der Waals surface area contributed by atoms with Crippen LogP contribution in [0.5, 0.6) is 0 Å². The van der Waals surface area contributed by atoms with E-state index >= 15 is 0 Å². The van der Waals surface area contributed by atoms with Gasteiger partial charge >= 0.3 is 0 Å². The van der Waals surface area contributed by atoms with E-state index in [2.05, 4.69) is 10.2 Å². The summed E-state index contributed by atoms with van der Waals surface area (Å²) in [5.74, 6) is 1.12. The zero-order valence-corrected chi connectivity index (χ0v) is 11.6. The van der Waals surface area contributed by atoms with Gasteiger partial charge in [0.15, 0.2) is 11.6 Å². The Hall–Kier alpha value is -1.10. The van der Waals surface area contributed by atoms with Gasteiger partial charge < -0.3 is 9.67 Å². The molecule has 18 heavy (non-hydrogen) atoms. The number of rotatable bonds is 3. The second kappa shape index (κ2) is 5.26. The van der Waals surface area contributed by atoms with Crippen molar-refractivity contribution in [3.8, 4) is 11.4 Å². The molecule has 0 bridgehead atoms. The minimum absolute atomic E-state index is 0.118. The highest BCUT2D eigenvalue weighted by molar-refractivity contribution is 6.43. The molecule has 1 heterocycles. The van der Waals surface area contributed by atoms with Crippen molar-refractivity contribution in [2.75, 3.05) is 0 Å². The van der Waals surface area contributed by atoms with Crippen molar-refractivity contribution in [1.82, 2.24) is 14.8 Å². The van der Waals surface area contributed by atoms with E-state index in [0.29, 0.717) is 27.3 Å². The summed E-state index contributed by atoms with van der Waals surface area (Å²) >= 11 is 12.2. The molecule has 0 radical (unpaired) electrons. The average Bonchev–Trinajstić information content (AvgIpc) is 2.76. The van der Waals surface area contributed by atoms with Gasteiger partial charge in [-0.25, -0.2) is 0 Å². The molecule has 4 nitrogen and oxygen atoms in total. The standard InChI is InChI=1S/C12H13Cl2N3O/c1-7(2)17-10(6-18)15-16-12(17)8-4-3-5-9(13)11(8)14/h3-5,7,18H,6H2,1-2H3. The van der Waals surface area contributed by atoms with Crippen LogP contribution in [0.15, 0.2) is 18.2 Å². The predicted octanol–water partition coefficient (Wildman–Crippen LogP) is 3.33. The maximum Gasteiger partial charge on any atom is 0.165 e. The van der Waals surface area contributed by atoms with Crippen LogP contribution >= 0.6 is 23.2 Å². The fourth-order valence-electron chi connectivity index (χ4n) is 1.83. The van der Waals surface area contributed by atoms with E-state index in [9.17, 15) is 5.11 Å². The Bertz CT molecular complexity index is 566. The lowest BCUT2D eigenvalue weighted by atomic mass is 10.2. The SMILES string of the molecule is CC(C)n1c(CO)nnc1-c1cccc(Cl)c1Cl. The van der Waals surface area contributed by atoms with E-state index < -0.39 is 0 Å². The molecule has 2 aromatic rings. The molecule has 0 atom stereocenters. The number of aromatic nitrogens is 3. The summed E-state index contributed by atoms with van der Waals surface area (Å²) in [6.07, 6.45) is 0. The number of halogens is 2. The fourth-order valence-corrected chi connectivity index (χ4v) is 2.22. The zero-order valence-electron chi connectivity index (χ0n) is 10.1. The molecule has 0 saturated carbocycles. The van der Waals surface area contributed by atoms with Gasteiger partial charge in [-0.3, -0.25) is 0 Å². The van der Waals surface area contributed by atoms with Gasteiger partial charge in [0, 0.05) is 11.6 Å². The Morgan fingerprint density at radius 2 is 2.00 bits per heavy atom. The van der Waals surface area contributed by atoms with Crippen molar-refractivity contribution < 1.29 is 5.11 Å². The summed E-state index contributed by atoms with van der Waals surface area (Å²) in [7, 11) is 0. The Balaban J connectivity index is 2.64. The summed E-state index contributed by atoms with van der Waals surface area (Å²) < 4.78 is 1.84. The number of hydrogen-bond acceptors (Lipinski definition) is 3. The van der Waals surface area contributed by atoms with Gasteiger partial charge in [-0.2, -0.15) is 0 Å². The molecule has 1 aromatic carbocycles. The summed E-state index contributed by atoms with van der Waals surface area (Å²) in [6, 6.07) is 5.48. The molecule has 2 rings (SSSR count). The van der Waals surface area contributed by atoms with Gasteiger partial charge in [0.2, 0.25) is 0 Å². The van der Waals surface area contributed by atoms with Crippen molar-refractivity contribution in [2.45, 2.75) is 26.5 Å². The van der Waals surface area contributed by atoms with Gasteiger partial charge in [0.1, 0.15) is 6.61 Å². The maximum absolute atomic E-state index is 9.27. The van der Waals surface area contributed by atoms with Crippen LogP contribution < -0.4 is 0 Å². The highest BCUT2D eigenvalue weighted by Gasteiger charge is 2.18. The van der Waals surface area contributed by atoms with Crippen LogP contribution in [-0.4, -0.2) is 19.9 Å². The van der Waals surface area contributed by atoms with Gasteiger partial charge in [-0.1, -0.05) is 29.3 Å². The normalized spacial score (nSPS) is 11.2. The topological polar surface area (TPSA) is 50.9 Å². The lowest BCUT2D eigenvalue weighted by Crippen LogP contribution is -2.08. The van der Waals surface area contributed by atoms with Crippen LogP contribution in [0.2, 0.25) is 10.0 Å². The minimum atomic E-state index is -0.163. The third-order valence-corrected chi connectivity index (χ3v) is 3.44. The molecular weight excluding hydrogens is 273 g/mol. The van der Waals surface area contributed by atoms with Crippen molar-refractivity contribution in [3.05, 3.63) is 34.1 Å². The minimum Gasteiger partial charge on any atom is -0.388 e. The maximum atomic E-state index is 9.27. The Morgan fingerprint density at radius 3 is 2.61 bits per heavy atom. The van der Waals surface area contributed by atoms with Crippen molar-refractivity contribution >= 4 is 23.2 Å². The van der Waals surface area contributed by atoms with E-state index in [0.717, 1.165) is 0 Å². The average molecular weight is 286 g/mol. The third-order valence-electron chi connectivity index (χ3n) is 2.62. The molecular formula is C12H13Cl2N3O. The van der Waals surface area contributed by atoms with Gasteiger partial charge in [-0.05, 0) is 26.0 Å². The number of benzene rings is 1. The Labute approximate surface area is 115 Å². The number of nitrogens with zero attached hydrogens (tertiary/aromatic N) is 3. The highest BCUT2D eigenvalue weighted by Crippen LogP contribution is 2.33. The second-order valence-corrected chi connectivity index (χ2v) is 4.95. The van der Waals surface area contributed by atoms with Crippen molar-refractivity contribution in [2.24, 2.45) is 0 Å². The van der Waals surface area contributed by atoms with Crippen LogP contribution in [0.3, 0.4) is 0 Å². The van der Waals surface area contributed by atoms with Gasteiger partial charge in [0.05, 0.1) is 10.0 Å². The molecule has 0 unspecified atom stereocenters. The summed E-state index contributed by atoms with van der Waals surface area (Å²) in [5.41, 5.74) is 0.713. The summed E-state index contributed by atoms with van der Waals surface area (Å²) in [5, 5.41) is 18.2. The van der Waals surface area contributed by atoms with Crippen LogP contribution in [-0.2, 0) is 6.61 Å². The first-order valence-electron chi connectivity index (χ1n) is 5.55. The van der Waals surface area contributed by atoms with Crippen LogP contribution in [0.4, 0.5) is 0 Å². The van der Waals surface area contributed by atoms with Gasteiger partial charge in [-0.15, -0.1) is 10.2 Å². The molecule has 0 spiro atoms. The summed E-state index contributed by atoms with van der Waals surface area (Å²) in [6.45, 7) is 3.82. The molecule has 1 aromatic heterocycles. The van der Waals surface area contributed by atoms with Crippen LogP contribution in [0, 0.1) is 0 Å². The molecule has 0 aliphatic heterocycles. The van der Waals surface area contributed by atoms with E-state index in [1.54, 1.807) is 6.07 Å². The van der Waals surface area contributed by atoms with Crippen molar-refractivity contribution in [3.63, 3.8) is 0 Å². The van der Waals surface area contributed by atoms with Crippen molar-refractivity contribution in [1.29, 1.82) is 0 Å². The first kappa shape index (κ1) is 13.3. The van der Waals surface area contributed by atoms with E-state index in [4.69, 9.17) is 23.2 Å². The zero-order chi connectivity index (χ0) is 13.3. The second-order valence-electron chi connectivity index (χ2n) is 4.16. The first-order chi connectivity index (χ1) is 8.56. The monoisotopic (exact) mass is 285 g/mol. The number of hydrogen-bond donors (Lipinski definition) is 1. The lowest BCUT2D eigenvalue weighted by molar-refractivity contribution is 0.262. The fraction of sp³-hybridized carbons (Fsp3) is 0.333. The highest BCUT2D eigenvalue weighted by atomic mass is 35.5. The summed E-state index contributed by atoms with van der Waals surface area (Å²) in [4.78, 5) is 0. The van der Waals surface area contributed by atoms with Crippen LogP contribution in [0.25, 0.3) is 11.4 Å². The number of aliphatic hydroxyl groups is 1. The first-order valence-corrected chi connectivity index (χ1v) is 6.31. The molecule has 96 valence electrons. The molecule has 0 aliphatic rings. The lowest BCUT2D eigenvalue weighted by Gasteiger charge is -2.14. The third kappa shape index (κ3) is 2.23. The molecule has 0 saturated heterocycles.